The Morgan fingerprint density at radius 1 is 1.21 bits per heavy atom. The van der Waals surface area contributed by atoms with Crippen LogP contribution in [0.25, 0.3) is 11.4 Å². The fraction of sp³-hybridized carbons (Fsp3) is 0.300. The third-order valence-corrected chi connectivity index (χ3v) is 5.97. The summed E-state index contributed by atoms with van der Waals surface area (Å²) < 4.78 is 22.6. The van der Waals surface area contributed by atoms with Crippen molar-refractivity contribution in [3.8, 4) is 17.1 Å². The third kappa shape index (κ3) is 4.34. The molecule has 0 unspecified atom stereocenters. The molecule has 3 aromatic rings. The maximum Gasteiger partial charge on any atom is 0.272 e. The Labute approximate surface area is 170 Å². The second-order valence-corrected chi connectivity index (χ2v) is 8.29. The first-order valence-electron chi connectivity index (χ1n) is 9.21. The fourth-order valence-corrected chi connectivity index (χ4v) is 4.07. The number of aryl methyl sites for hydroxylation is 1. The maximum atomic E-state index is 12.5. The normalized spacial score (nSPS) is 14.7. The first-order chi connectivity index (χ1) is 14.1. The second kappa shape index (κ2) is 8.52. The van der Waals surface area contributed by atoms with Crippen molar-refractivity contribution in [2.75, 3.05) is 24.6 Å². The molecule has 0 aliphatic carbocycles. The fourth-order valence-electron chi connectivity index (χ4n) is 3.02. The van der Waals surface area contributed by atoms with E-state index in [0.29, 0.717) is 53.2 Å². The zero-order valence-electron chi connectivity index (χ0n) is 15.9. The lowest BCUT2D eigenvalue weighted by Crippen LogP contribution is -2.42. The number of nitrogens with zero attached hydrogens (tertiary/aromatic N) is 4. The number of carbonyl (C=O) groups is 1. The molecular formula is C20H20N4O4S. The van der Waals surface area contributed by atoms with Crippen LogP contribution in [0.15, 0.2) is 47.2 Å². The summed E-state index contributed by atoms with van der Waals surface area (Å²) in [6, 6.07) is 8.94. The van der Waals surface area contributed by atoms with Gasteiger partial charge in [0.05, 0.1) is 17.5 Å². The van der Waals surface area contributed by atoms with Crippen molar-refractivity contribution < 1.29 is 18.3 Å². The lowest BCUT2D eigenvalue weighted by molar-refractivity contribution is 0.0765. The van der Waals surface area contributed by atoms with Gasteiger partial charge in [-0.1, -0.05) is 11.2 Å². The van der Waals surface area contributed by atoms with E-state index in [-0.39, 0.29) is 12.5 Å². The molecule has 0 radical (unpaired) electrons. The lowest BCUT2D eigenvalue weighted by atomic mass is 10.1. The number of aromatic nitrogens is 3. The van der Waals surface area contributed by atoms with Crippen LogP contribution in [-0.4, -0.2) is 54.7 Å². The maximum absolute atomic E-state index is 12.5. The van der Waals surface area contributed by atoms with Gasteiger partial charge in [-0.25, -0.2) is 4.98 Å². The summed E-state index contributed by atoms with van der Waals surface area (Å²) in [7, 11) is -0.824. The summed E-state index contributed by atoms with van der Waals surface area (Å²) in [6.45, 7) is 3.06. The molecule has 3 aromatic heterocycles. The Balaban J connectivity index is 1.42. The van der Waals surface area contributed by atoms with Gasteiger partial charge in [-0.2, -0.15) is 0 Å². The SMILES string of the molecule is Cc1onc(-c2ccccn2)c1COc1ccc(C(=O)N2CCS(=O)CC2)nc1. The van der Waals surface area contributed by atoms with Crippen molar-refractivity contribution in [3.05, 3.63) is 59.7 Å². The van der Waals surface area contributed by atoms with Gasteiger partial charge in [0.1, 0.15) is 29.5 Å². The van der Waals surface area contributed by atoms with Crippen LogP contribution in [0.2, 0.25) is 0 Å². The number of amides is 1. The van der Waals surface area contributed by atoms with Crippen LogP contribution in [-0.2, 0) is 17.4 Å². The monoisotopic (exact) mass is 412 g/mol. The van der Waals surface area contributed by atoms with E-state index in [0.717, 1.165) is 5.56 Å². The van der Waals surface area contributed by atoms with Crippen LogP contribution in [0.4, 0.5) is 0 Å². The summed E-state index contributed by atoms with van der Waals surface area (Å²) >= 11 is 0. The van der Waals surface area contributed by atoms with Crippen LogP contribution in [0, 0.1) is 6.92 Å². The molecule has 1 fully saturated rings. The minimum absolute atomic E-state index is 0.152. The van der Waals surface area contributed by atoms with Gasteiger partial charge < -0.3 is 14.2 Å². The van der Waals surface area contributed by atoms with Crippen molar-refractivity contribution in [1.29, 1.82) is 0 Å². The van der Waals surface area contributed by atoms with E-state index in [2.05, 4.69) is 15.1 Å². The molecule has 1 saturated heterocycles. The molecule has 1 aliphatic rings. The molecule has 1 aliphatic heterocycles. The first kappa shape index (κ1) is 19.3. The van der Waals surface area contributed by atoms with Crippen LogP contribution >= 0.6 is 0 Å². The molecule has 0 N–H and O–H groups in total. The third-order valence-electron chi connectivity index (χ3n) is 4.70. The van der Waals surface area contributed by atoms with Gasteiger partial charge in [0.25, 0.3) is 5.91 Å². The molecule has 1 amide bonds. The molecule has 9 heteroatoms. The minimum Gasteiger partial charge on any atom is -0.487 e. The standard InChI is InChI=1S/C20H20N4O4S/c1-14-16(19(23-28-14)17-4-2-3-7-21-17)13-27-15-5-6-18(22-12-15)20(25)24-8-10-29(26)11-9-24/h2-7,12H,8-11,13H2,1H3. The van der Waals surface area contributed by atoms with Gasteiger partial charge in [-0.15, -0.1) is 0 Å². The van der Waals surface area contributed by atoms with Crippen molar-refractivity contribution in [2.24, 2.45) is 0 Å². The Hall–Kier alpha value is -3.07. The number of hydrogen-bond acceptors (Lipinski definition) is 7. The average Bonchev–Trinajstić information content (AvgIpc) is 3.13. The van der Waals surface area contributed by atoms with Crippen molar-refractivity contribution in [3.63, 3.8) is 0 Å². The lowest BCUT2D eigenvalue weighted by Gasteiger charge is -2.25. The molecule has 29 heavy (non-hydrogen) atoms. The first-order valence-corrected chi connectivity index (χ1v) is 10.7. The molecule has 8 nitrogen and oxygen atoms in total. The Morgan fingerprint density at radius 3 is 2.72 bits per heavy atom. The molecule has 0 bridgehead atoms. The van der Waals surface area contributed by atoms with E-state index in [1.54, 1.807) is 23.2 Å². The molecule has 4 rings (SSSR count). The molecule has 150 valence electrons. The van der Waals surface area contributed by atoms with E-state index in [1.165, 1.54) is 6.20 Å². The number of hydrogen-bond donors (Lipinski definition) is 0. The Bertz CT molecular complexity index is 1010. The van der Waals surface area contributed by atoms with Crippen LogP contribution < -0.4 is 4.74 Å². The number of rotatable bonds is 5. The van der Waals surface area contributed by atoms with E-state index < -0.39 is 10.8 Å². The molecule has 0 spiro atoms. The average molecular weight is 412 g/mol. The Kier molecular flexibility index (Phi) is 5.66. The van der Waals surface area contributed by atoms with Crippen molar-refractivity contribution in [1.82, 2.24) is 20.0 Å². The predicted octanol–water partition coefficient (Wildman–Crippen LogP) is 2.22. The molecule has 0 saturated carbocycles. The van der Waals surface area contributed by atoms with E-state index >= 15 is 0 Å². The largest absolute Gasteiger partial charge is 0.487 e. The van der Waals surface area contributed by atoms with Gasteiger partial charge in [0, 0.05) is 41.6 Å². The smallest absolute Gasteiger partial charge is 0.272 e. The van der Waals surface area contributed by atoms with Crippen LogP contribution in [0.1, 0.15) is 21.8 Å². The highest BCUT2D eigenvalue weighted by Gasteiger charge is 2.22. The molecular weight excluding hydrogens is 392 g/mol. The highest BCUT2D eigenvalue weighted by Crippen LogP contribution is 2.25. The van der Waals surface area contributed by atoms with Gasteiger partial charge in [0.15, 0.2) is 0 Å². The van der Waals surface area contributed by atoms with Crippen molar-refractivity contribution >= 4 is 16.7 Å². The van der Waals surface area contributed by atoms with Crippen LogP contribution in [0.3, 0.4) is 0 Å². The topological polar surface area (TPSA) is 98.4 Å². The molecule has 4 heterocycles. The summed E-state index contributed by atoms with van der Waals surface area (Å²) in [6.07, 6.45) is 3.22. The zero-order chi connectivity index (χ0) is 20.2. The highest BCUT2D eigenvalue weighted by atomic mass is 32.2. The van der Waals surface area contributed by atoms with Gasteiger partial charge in [-0.3, -0.25) is 14.0 Å². The van der Waals surface area contributed by atoms with Gasteiger partial charge in [0.2, 0.25) is 0 Å². The second-order valence-electron chi connectivity index (χ2n) is 6.59. The van der Waals surface area contributed by atoms with Gasteiger partial charge in [-0.05, 0) is 31.2 Å². The number of ether oxygens (including phenoxy) is 1. The molecule has 0 aromatic carbocycles. The van der Waals surface area contributed by atoms with Crippen molar-refractivity contribution in [2.45, 2.75) is 13.5 Å². The minimum atomic E-state index is -0.824. The van der Waals surface area contributed by atoms with E-state index in [4.69, 9.17) is 9.26 Å². The number of carbonyl (C=O) groups excluding carboxylic acids is 1. The quantitative estimate of drug-likeness (QED) is 0.634. The number of pyridine rings is 2. The van der Waals surface area contributed by atoms with Crippen LogP contribution in [0.5, 0.6) is 5.75 Å². The zero-order valence-corrected chi connectivity index (χ0v) is 16.7. The summed E-state index contributed by atoms with van der Waals surface area (Å²) in [4.78, 5) is 22.7. The van der Waals surface area contributed by atoms with E-state index in [1.807, 2.05) is 25.1 Å². The summed E-state index contributed by atoms with van der Waals surface area (Å²) in [5.41, 5.74) is 2.51. The van der Waals surface area contributed by atoms with E-state index in [9.17, 15) is 9.00 Å². The predicted molar refractivity (Wildman–Crippen MR) is 107 cm³/mol. The molecule has 0 atom stereocenters. The summed E-state index contributed by atoms with van der Waals surface area (Å²) in [5.74, 6) is 2.08. The van der Waals surface area contributed by atoms with Gasteiger partial charge >= 0.3 is 0 Å². The summed E-state index contributed by atoms with van der Waals surface area (Å²) in [5, 5.41) is 4.09. The highest BCUT2D eigenvalue weighted by molar-refractivity contribution is 7.85. The Morgan fingerprint density at radius 2 is 2.03 bits per heavy atom.